The van der Waals surface area contributed by atoms with Crippen molar-refractivity contribution in [2.45, 2.75) is 70.9 Å². The topological polar surface area (TPSA) is 211 Å². The summed E-state index contributed by atoms with van der Waals surface area (Å²) in [5, 5.41) is 16.6. The number of nitrogens with two attached hydrogens (primary N) is 1. The first-order valence-electron chi connectivity index (χ1n) is 16.1. The Bertz CT molecular complexity index is 1650. The number of halogens is 1. The highest BCUT2D eigenvalue weighted by atomic mass is 35.5. The Morgan fingerprint density at radius 1 is 1.20 bits per heavy atom. The van der Waals surface area contributed by atoms with E-state index in [1.165, 1.54) is 10.9 Å². The molecule has 5 atom stereocenters. The van der Waals surface area contributed by atoms with Crippen LogP contribution in [0.5, 0.6) is 5.88 Å². The molecule has 16 nitrogen and oxygen atoms in total. The molecule has 19 heteroatoms. The Kier molecular flexibility index (Phi) is 13.9. The van der Waals surface area contributed by atoms with Crippen molar-refractivity contribution in [1.29, 1.82) is 0 Å². The molecule has 3 heterocycles. The lowest BCUT2D eigenvalue weighted by Crippen LogP contribution is -2.40. The molecule has 1 saturated heterocycles. The summed E-state index contributed by atoms with van der Waals surface area (Å²) in [6.07, 6.45) is -2.02. The van der Waals surface area contributed by atoms with E-state index in [9.17, 15) is 19.3 Å². The van der Waals surface area contributed by atoms with Crippen molar-refractivity contribution in [3.63, 3.8) is 0 Å². The standard InChI is InChI=1S/C31H45ClN7O9PS/c1-6-44-25-22-24(37-28(33)38-25)39(19-35-22)26-31(5,32)23(40)21(48-26)18-47-49(43,36-17-20-11-9-8-10-12-20)46-15-16-50-27(41)30(3,4)13-14-34-29(42)45-7-2/h8-12,19,21,23,26,40H,6-7,13-18H2,1-5H3,(H,34,42)(H,36,43)(H2,33,37,38)/t21-,23-,26-,31-,49-/m1/s1. The normalized spacial score (nSPS) is 21.9. The van der Waals surface area contributed by atoms with Crippen LogP contribution < -0.4 is 20.9 Å². The predicted octanol–water partition coefficient (Wildman–Crippen LogP) is 4.42. The van der Waals surface area contributed by atoms with E-state index in [1.54, 1.807) is 34.6 Å². The SMILES string of the molecule is CCOC(=O)NCCC(C)(C)C(=O)SCCO[P@](=O)(NCc1ccccc1)OC[C@H]1O[C@@H](n2cnc3c(OCC)nc(N)nc32)[C@](C)(Cl)[C@@H]1O. The third kappa shape index (κ3) is 10.1. The first-order chi connectivity index (χ1) is 23.7. The van der Waals surface area contributed by atoms with Gasteiger partial charge in [0.2, 0.25) is 11.8 Å². The minimum absolute atomic E-state index is 0.0468. The van der Waals surface area contributed by atoms with Crippen LogP contribution in [0.2, 0.25) is 0 Å². The second-order valence-corrected chi connectivity index (χ2v) is 15.8. The van der Waals surface area contributed by atoms with Gasteiger partial charge in [-0.05, 0) is 32.8 Å². The number of anilines is 1. The van der Waals surface area contributed by atoms with Crippen molar-refractivity contribution in [2.75, 3.05) is 44.5 Å². The Labute approximate surface area is 300 Å². The smallest absolute Gasteiger partial charge is 0.407 e. The number of hydrogen-bond acceptors (Lipinski definition) is 14. The van der Waals surface area contributed by atoms with Crippen LogP contribution in [0.15, 0.2) is 36.7 Å². The number of aromatic nitrogens is 4. The fourth-order valence-corrected chi connectivity index (χ4v) is 7.57. The molecule has 1 aromatic carbocycles. The number of nitrogen functional groups attached to an aromatic ring is 1. The van der Waals surface area contributed by atoms with Crippen molar-refractivity contribution in [2.24, 2.45) is 5.41 Å². The Morgan fingerprint density at radius 2 is 1.94 bits per heavy atom. The molecule has 5 N–H and O–H groups in total. The summed E-state index contributed by atoms with van der Waals surface area (Å²) in [5.74, 6) is 0.329. The van der Waals surface area contributed by atoms with Gasteiger partial charge >= 0.3 is 13.8 Å². The molecule has 0 spiro atoms. The molecule has 0 bridgehead atoms. The number of benzene rings is 1. The number of alkyl halides is 1. The van der Waals surface area contributed by atoms with Gasteiger partial charge < -0.3 is 30.4 Å². The van der Waals surface area contributed by atoms with E-state index >= 15 is 0 Å². The summed E-state index contributed by atoms with van der Waals surface area (Å²) < 4.78 is 43.7. The summed E-state index contributed by atoms with van der Waals surface area (Å²) in [5.41, 5.74) is 6.62. The summed E-state index contributed by atoms with van der Waals surface area (Å²) in [4.78, 5) is 35.9. The first-order valence-corrected chi connectivity index (χ1v) is 19.0. The van der Waals surface area contributed by atoms with E-state index in [0.717, 1.165) is 17.3 Å². The van der Waals surface area contributed by atoms with Crippen LogP contribution >= 0.6 is 31.1 Å². The fourth-order valence-electron chi connectivity index (χ4n) is 5.00. The molecule has 0 aliphatic carbocycles. The van der Waals surface area contributed by atoms with Crippen LogP contribution in [0, 0.1) is 5.41 Å². The molecule has 3 aromatic rings. The second-order valence-electron chi connectivity index (χ2n) is 12.1. The van der Waals surface area contributed by atoms with Crippen LogP contribution in [0.4, 0.5) is 10.7 Å². The molecule has 276 valence electrons. The van der Waals surface area contributed by atoms with Gasteiger partial charge in [0.1, 0.15) is 17.1 Å². The maximum absolute atomic E-state index is 14.0. The lowest BCUT2D eigenvalue weighted by atomic mass is 9.91. The number of carbonyl (C=O) groups excluding carboxylic acids is 2. The number of nitrogens with zero attached hydrogens (tertiary/aromatic N) is 4. The maximum atomic E-state index is 14.0. The Hall–Kier alpha value is -3.02. The molecule has 1 fully saturated rings. The van der Waals surface area contributed by atoms with Gasteiger partial charge in [-0.25, -0.2) is 19.4 Å². The van der Waals surface area contributed by atoms with Crippen molar-refractivity contribution in [3.8, 4) is 5.88 Å². The summed E-state index contributed by atoms with van der Waals surface area (Å²) in [6.45, 7) is 9.20. The van der Waals surface area contributed by atoms with Crippen molar-refractivity contribution >= 4 is 59.4 Å². The van der Waals surface area contributed by atoms with Crippen LogP contribution in [0.1, 0.15) is 52.8 Å². The number of thioether (sulfide) groups is 1. The van der Waals surface area contributed by atoms with Gasteiger partial charge in [-0.3, -0.25) is 18.4 Å². The van der Waals surface area contributed by atoms with Crippen molar-refractivity contribution in [3.05, 3.63) is 42.2 Å². The van der Waals surface area contributed by atoms with Gasteiger partial charge in [-0.1, -0.05) is 55.9 Å². The van der Waals surface area contributed by atoms with E-state index in [2.05, 4.69) is 25.4 Å². The largest absolute Gasteiger partial charge is 0.476 e. The zero-order valence-corrected chi connectivity index (χ0v) is 31.1. The molecule has 4 rings (SSSR count). The average molecular weight is 758 g/mol. The van der Waals surface area contributed by atoms with Gasteiger partial charge in [-0.15, -0.1) is 11.6 Å². The lowest BCUT2D eigenvalue weighted by molar-refractivity contribution is -0.118. The van der Waals surface area contributed by atoms with Crippen molar-refractivity contribution in [1.82, 2.24) is 29.9 Å². The number of fused-ring (bicyclic) bond motifs is 1. The van der Waals surface area contributed by atoms with Gasteiger partial charge in [0.25, 0.3) is 0 Å². The fraction of sp³-hybridized carbons (Fsp3) is 0.581. The molecule has 0 unspecified atom stereocenters. The van der Waals surface area contributed by atoms with Crippen LogP contribution in [0.25, 0.3) is 11.2 Å². The predicted molar refractivity (Wildman–Crippen MR) is 189 cm³/mol. The summed E-state index contributed by atoms with van der Waals surface area (Å²) in [6, 6.07) is 9.24. The maximum Gasteiger partial charge on any atom is 0.407 e. The molecule has 0 saturated carbocycles. The van der Waals surface area contributed by atoms with E-state index in [0.29, 0.717) is 18.5 Å². The minimum atomic E-state index is -4.02. The highest BCUT2D eigenvalue weighted by molar-refractivity contribution is 8.13. The van der Waals surface area contributed by atoms with Crippen molar-refractivity contribution < 1.29 is 42.5 Å². The molecule has 50 heavy (non-hydrogen) atoms. The zero-order valence-electron chi connectivity index (χ0n) is 28.7. The van der Waals surface area contributed by atoms with Gasteiger partial charge in [0.05, 0.1) is 32.8 Å². The Morgan fingerprint density at radius 3 is 2.64 bits per heavy atom. The summed E-state index contributed by atoms with van der Waals surface area (Å²) in [7, 11) is -4.02. The number of nitrogens with one attached hydrogen (secondary N) is 2. The number of rotatable bonds is 18. The molecule has 1 aliphatic rings. The molecule has 2 aromatic heterocycles. The molecular weight excluding hydrogens is 713 g/mol. The third-order valence-corrected chi connectivity index (χ3v) is 11.0. The lowest BCUT2D eigenvalue weighted by Gasteiger charge is -2.26. The number of ether oxygens (including phenoxy) is 3. The van der Waals surface area contributed by atoms with E-state index in [4.69, 9.17) is 40.6 Å². The monoisotopic (exact) mass is 757 g/mol. The van der Waals surface area contributed by atoms with Gasteiger partial charge in [0, 0.05) is 24.3 Å². The summed E-state index contributed by atoms with van der Waals surface area (Å²) >= 11 is 7.89. The second kappa shape index (κ2) is 17.5. The third-order valence-electron chi connectivity index (χ3n) is 7.81. The molecule has 1 aliphatic heterocycles. The van der Waals surface area contributed by atoms with E-state index in [1.807, 2.05) is 30.3 Å². The van der Waals surface area contributed by atoms with Crippen LogP contribution in [-0.2, 0) is 34.4 Å². The number of aliphatic hydroxyl groups excluding tert-OH is 1. The molecule has 0 radical (unpaired) electrons. The number of aliphatic hydroxyl groups is 1. The first kappa shape index (κ1) is 39.8. The number of amides is 1. The quantitative estimate of drug-likeness (QED) is 0.0804. The van der Waals surface area contributed by atoms with E-state index in [-0.39, 0.29) is 61.3 Å². The number of carbonyl (C=O) groups is 2. The number of hydrogen-bond donors (Lipinski definition) is 4. The van der Waals surface area contributed by atoms with Gasteiger partial charge in [0.15, 0.2) is 22.5 Å². The van der Waals surface area contributed by atoms with Crippen LogP contribution in [0.3, 0.4) is 0 Å². The van der Waals surface area contributed by atoms with Gasteiger partial charge in [-0.2, -0.15) is 9.97 Å². The average Bonchev–Trinajstić information content (AvgIpc) is 3.58. The highest BCUT2D eigenvalue weighted by Gasteiger charge is 2.54. The minimum Gasteiger partial charge on any atom is -0.476 e. The zero-order chi connectivity index (χ0) is 36.5. The van der Waals surface area contributed by atoms with E-state index < -0.39 is 42.6 Å². The number of alkyl carbamates (subject to hydrolysis) is 1. The Balaban J connectivity index is 1.40. The highest BCUT2D eigenvalue weighted by Crippen LogP contribution is 2.48. The number of imidazole rings is 1. The molecule has 1 amide bonds. The van der Waals surface area contributed by atoms with Crippen LogP contribution in [-0.4, -0.2) is 91.6 Å². The molecular formula is C31H45ClN7O9PS.